The van der Waals surface area contributed by atoms with Gasteiger partial charge in [0.15, 0.2) is 5.84 Å². The second-order valence-corrected chi connectivity index (χ2v) is 10.6. The fourth-order valence-electron chi connectivity index (χ4n) is 5.55. The van der Waals surface area contributed by atoms with Gasteiger partial charge in [0.1, 0.15) is 17.7 Å². The average molecular weight is 565 g/mol. The number of hydroxylamine groups is 1. The molecular formula is C34H36N4O4. The summed E-state index contributed by atoms with van der Waals surface area (Å²) in [5, 5.41) is 0. The van der Waals surface area contributed by atoms with E-state index in [1.54, 1.807) is 11.6 Å². The summed E-state index contributed by atoms with van der Waals surface area (Å²) in [6, 6.07) is 21.9. The van der Waals surface area contributed by atoms with Crippen LogP contribution in [0, 0.1) is 6.92 Å². The Labute approximate surface area is 246 Å². The smallest absolute Gasteiger partial charge is 0.320 e. The van der Waals surface area contributed by atoms with Crippen molar-refractivity contribution in [1.82, 2.24) is 15.0 Å². The molecule has 0 amide bonds. The highest BCUT2D eigenvalue weighted by molar-refractivity contribution is 6.04. The van der Waals surface area contributed by atoms with Gasteiger partial charge in [0.05, 0.1) is 11.4 Å². The molecule has 2 heterocycles. The lowest BCUT2D eigenvalue weighted by atomic mass is 9.96. The van der Waals surface area contributed by atoms with Crippen molar-refractivity contribution < 1.29 is 14.4 Å². The largest absolute Gasteiger partial charge is 0.490 e. The van der Waals surface area contributed by atoms with Crippen LogP contribution in [0.1, 0.15) is 60.5 Å². The number of ether oxygens (including phenoxy) is 1. The molecule has 5 rings (SSSR count). The summed E-state index contributed by atoms with van der Waals surface area (Å²) < 4.78 is 7.61. The lowest BCUT2D eigenvalue weighted by Crippen LogP contribution is -2.28. The Kier molecular flexibility index (Phi) is 8.81. The van der Waals surface area contributed by atoms with E-state index in [9.17, 15) is 9.59 Å². The minimum Gasteiger partial charge on any atom is -0.490 e. The lowest BCUT2D eigenvalue weighted by molar-refractivity contribution is -0.132. The number of aromatic nitrogens is 2. The van der Waals surface area contributed by atoms with Crippen molar-refractivity contribution in [2.24, 2.45) is 4.99 Å². The minimum atomic E-state index is -0.0278. The molecule has 42 heavy (non-hydrogen) atoms. The number of nitrogens with one attached hydrogen (secondary N) is 1. The molecule has 0 aliphatic carbocycles. The molecule has 1 N–H and O–H groups in total. The molecule has 0 radical (unpaired) electrons. The number of rotatable bonds is 10. The van der Waals surface area contributed by atoms with Crippen molar-refractivity contribution in [3.63, 3.8) is 0 Å². The Morgan fingerprint density at radius 2 is 1.95 bits per heavy atom. The summed E-state index contributed by atoms with van der Waals surface area (Å²) >= 11 is 0. The number of unbranched alkanes of at least 4 members (excludes halogenated alkanes) is 1. The molecular weight excluding hydrogens is 528 g/mol. The number of hydrogen-bond acceptors (Lipinski definition) is 6. The molecule has 8 heteroatoms. The number of hydrogen-bond donors (Lipinski definition) is 1. The van der Waals surface area contributed by atoms with Crippen molar-refractivity contribution in [3.05, 3.63) is 111 Å². The van der Waals surface area contributed by atoms with Crippen molar-refractivity contribution in [2.45, 2.75) is 59.0 Å². The Hall–Kier alpha value is -4.72. The fraction of sp³-hybridized carbons (Fsp3) is 0.294. The molecule has 216 valence electrons. The van der Waals surface area contributed by atoms with Gasteiger partial charge in [-0.05, 0) is 67.1 Å². The van der Waals surface area contributed by atoms with Gasteiger partial charge in [-0.2, -0.15) is 0 Å². The van der Waals surface area contributed by atoms with Crippen LogP contribution in [0.3, 0.4) is 0 Å². The van der Waals surface area contributed by atoms with Crippen molar-refractivity contribution >= 4 is 12.3 Å². The van der Waals surface area contributed by atoms with E-state index < -0.39 is 0 Å². The third kappa shape index (κ3) is 5.98. The van der Waals surface area contributed by atoms with E-state index in [0.29, 0.717) is 24.6 Å². The fourth-order valence-corrected chi connectivity index (χ4v) is 5.55. The first-order valence-corrected chi connectivity index (χ1v) is 14.4. The molecule has 1 aliphatic heterocycles. The second kappa shape index (κ2) is 12.9. The van der Waals surface area contributed by atoms with Crippen LogP contribution in [-0.4, -0.2) is 35.0 Å². The van der Waals surface area contributed by atoms with Crippen molar-refractivity contribution in [2.75, 3.05) is 7.05 Å². The first-order valence-electron chi connectivity index (χ1n) is 14.4. The van der Waals surface area contributed by atoms with Gasteiger partial charge in [0.25, 0.3) is 5.56 Å². The maximum Gasteiger partial charge on any atom is 0.320 e. The molecule has 1 atom stereocenters. The maximum absolute atomic E-state index is 14.1. The molecule has 0 saturated heterocycles. The Bertz CT molecular complexity index is 1670. The number of amidine groups is 1. The van der Waals surface area contributed by atoms with Crippen molar-refractivity contribution in [1.29, 1.82) is 0 Å². The van der Waals surface area contributed by atoms with Gasteiger partial charge in [0, 0.05) is 31.0 Å². The molecule has 0 spiro atoms. The summed E-state index contributed by atoms with van der Waals surface area (Å²) in [7, 11) is 1.63. The van der Waals surface area contributed by atoms with Crippen LogP contribution < -0.4 is 15.8 Å². The third-order valence-corrected chi connectivity index (χ3v) is 7.59. The number of aryl methyl sites for hydroxylation is 2. The van der Waals surface area contributed by atoms with E-state index in [-0.39, 0.29) is 11.7 Å². The quantitative estimate of drug-likeness (QED) is 0.118. The topological polar surface area (TPSA) is 94.8 Å². The molecule has 0 bridgehead atoms. The molecule has 3 aromatic carbocycles. The van der Waals surface area contributed by atoms with Crippen LogP contribution in [0.4, 0.5) is 0 Å². The Morgan fingerprint density at radius 1 is 1.17 bits per heavy atom. The zero-order chi connectivity index (χ0) is 29.6. The normalized spacial score (nSPS) is 14.3. The zero-order valence-electron chi connectivity index (χ0n) is 24.5. The SMILES string of the molecule is CCCCc1nc(C)n(-c2ccc3c(c2)CC(C)O3)c(=O)c1Cc1ccc(-c2ccccc2C(=NC)NOC=O)cc1. The summed E-state index contributed by atoms with van der Waals surface area (Å²) in [5.41, 5.74) is 9.82. The van der Waals surface area contributed by atoms with E-state index in [1.165, 1.54) is 0 Å². The van der Waals surface area contributed by atoms with Gasteiger partial charge in [-0.1, -0.05) is 61.9 Å². The van der Waals surface area contributed by atoms with Gasteiger partial charge in [-0.25, -0.2) is 10.5 Å². The first kappa shape index (κ1) is 28.8. The molecule has 0 fully saturated rings. The van der Waals surface area contributed by atoms with Gasteiger partial charge >= 0.3 is 6.47 Å². The zero-order valence-corrected chi connectivity index (χ0v) is 24.5. The number of aliphatic imine (C=N–C) groups is 1. The van der Waals surface area contributed by atoms with E-state index in [0.717, 1.165) is 76.2 Å². The molecule has 4 aromatic rings. The van der Waals surface area contributed by atoms with Crippen LogP contribution in [-0.2, 0) is 28.9 Å². The average Bonchev–Trinajstić information content (AvgIpc) is 3.38. The third-order valence-electron chi connectivity index (χ3n) is 7.59. The molecule has 0 saturated carbocycles. The molecule has 1 aromatic heterocycles. The Balaban J connectivity index is 1.50. The van der Waals surface area contributed by atoms with Gasteiger partial charge in [-0.15, -0.1) is 0 Å². The van der Waals surface area contributed by atoms with Gasteiger partial charge in [0.2, 0.25) is 0 Å². The van der Waals surface area contributed by atoms with E-state index in [4.69, 9.17) is 14.6 Å². The predicted molar refractivity (Wildman–Crippen MR) is 164 cm³/mol. The number of fused-ring (bicyclic) bond motifs is 1. The summed E-state index contributed by atoms with van der Waals surface area (Å²) in [4.78, 5) is 38.7. The van der Waals surface area contributed by atoms with Gasteiger partial charge < -0.3 is 9.57 Å². The predicted octanol–water partition coefficient (Wildman–Crippen LogP) is 5.52. The van der Waals surface area contributed by atoms with Crippen LogP contribution in [0.25, 0.3) is 16.8 Å². The number of carbonyl (C=O) groups is 1. The lowest BCUT2D eigenvalue weighted by Gasteiger charge is -2.16. The number of benzene rings is 3. The summed E-state index contributed by atoms with van der Waals surface area (Å²) in [6.07, 6.45) is 4.20. The highest BCUT2D eigenvalue weighted by Gasteiger charge is 2.22. The monoisotopic (exact) mass is 564 g/mol. The highest BCUT2D eigenvalue weighted by Crippen LogP contribution is 2.31. The van der Waals surface area contributed by atoms with Crippen LogP contribution in [0.15, 0.2) is 76.5 Å². The first-order chi connectivity index (χ1) is 20.4. The van der Waals surface area contributed by atoms with E-state index in [1.807, 2.05) is 67.6 Å². The maximum atomic E-state index is 14.1. The molecule has 1 aliphatic rings. The second-order valence-electron chi connectivity index (χ2n) is 10.6. The van der Waals surface area contributed by atoms with E-state index in [2.05, 4.69) is 30.4 Å². The van der Waals surface area contributed by atoms with E-state index >= 15 is 0 Å². The molecule has 8 nitrogen and oxygen atoms in total. The van der Waals surface area contributed by atoms with Crippen LogP contribution >= 0.6 is 0 Å². The standard InChI is InChI=1S/C34H36N4O4/c1-5-6-11-31-30(34(40)38(23(3)36-31)27-16-17-32-26(20-27)18-22(2)42-32)19-24-12-14-25(15-13-24)28-9-7-8-10-29(28)33(35-4)37-41-21-39/h7-10,12-17,20-22H,5-6,11,18-19H2,1-4H3,(H,35,37). The minimum absolute atomic E-state index is 0.0278. The van der Waals surface area contributed by atoms with Crippen LogP contribution in [0.2, 0.25) is 0 Å². The highest BCUT2D eigenvalue weighted by atomic mass is 16.7. The number of carbonyl (C=O) groups excluding carboxylic acids is 1. The summed E-state index contributed by atoms with van der Waals surface area (Å²) in [5.74, 6) is 2.02. The van der Waals surface area contributed by atoms with Crippen LogP contribution in [0.5, 0.6) is 5.75 Å². The molecule has 1 unspecified atom stereocenters. The van der Waals surface area contributed by atoms with Gasteiger partial charge in [-0.3, -0.25) is 19.1 Å². The Morgan fingerprint density at radius 3 is 2.69 bits per heavy atom. The number of nitrogens with zero attached hydrogens (tertiary/aromatic N) is 3. The van der Waals surface area contributed by atoms with Crippen molar-refractivity contribution in [3.8, 4) is 22.6 Å². The summed E-state index contributed by atoms with van der Waals surface area (Å²) in [6.45, 7) is 6.43.